The van der Waals surface area contributed by atoms with Gasteiger partial charge < -0.3 is 19.9 Å². The maximum Gasteiger partial charge on any atom is 0.336 e. The summed E-state index contributed by atoms with van der Waals surface area (Å²) in [4.78, 5) is 12.3. The highest BCUT2D eigenvalue weighted by Gasteiger charge is 2.32. The normalized spacial score (nSPS) is 14.7. The summed E-state index contributed by atoms with van der Waals surface area (Å²) in [6.45, 7) is 2.68. The van der Waals surface area contributed by atoms with E-state index in [1.54, 1.807) is 24.3 Å². The van der Waals surface area contributed by atoms with Crippen LogP contribution in [0, 0.1) is 11.3 Å². The second kappa shape index (κ2) is 11.1. The summed E-state index contributed by atoms with van der Waals surface area (Å²) in [6.07, 6.45) is 4.99. The van der Waals surface area contributed by atoms with E-state index in [2.05, 4.69) is 13.0 Å². The molecule has 3 aromatic carbocycles. The Morgan fingerprint density at radius 1 is 1.09 bits per heavy atom. The van der Waals surface area contributed by atoms with Crippen LogP contribution >= 0.6 is 0 Å². The van der Waals surface area contributed by atoms with Crippen LogP contribution in [-0.4, -0.2) is 12.6 Å². The monoisotopic (exact) mass is 466 g/mol. The largest absolute Gasteiger partial charge is 0.493 e. The van der Waals surface area contributed by atoms with Crippen molar-refractivity contribution in [2.45, 2.75) is 25.7 Å². The van der Waals surface area contributed by atoms with Gasteiger partial charge in [0.05, 0.1) is 12.5 Å². The molecular formula is C29H26N2O4. The van der Waals surface area contributed by atoms with Gasteiger partial charge >= 0.3 is 5.97 Å². The summed E-state index contributed by atoms with van der Waals surface area (Å²) >= 11 is 0. The zero-order valence-electron chi connectivity index (χ0n) is 19.4. The number of para-hydroxylation sites is 1. The Morgan fingerprint density at radius 2 is 1.86 bits per heavy atom. The van der Waals surface area contributed by atoms with Crippen molar-refractivity contribution in [2.75, 3.05) is 6.61 Å². The first-order valence-electron chi connectivity index (χ1n) is 11.5. The molecule has 0 fully saturated rings. The van der Waals surface area contributed by atoms with Crippen molar-refractivity contribution in [3.05, 3.63) is 107 Å². The van der Waals surface area contributed by atoms with Crippen molar-refractivity contribution in [1.29, 1.82) is 5.26 Å². The van der Waals surface area contributed by atoms with Crippen LogP contribution in [0.1, 0.15) is 42.4 Å². The lowest BCUT2D eigenvalue weighted by molar-refractivity contribution is -0.128. The maximum absolute atomic E-state index is 12.3. The van der Waals surface area contributed by atoms with Gasteiger partial charge in [-0.05, 0) is 30.2 Å². The lowest BCUT2D eigenvalue weighted by Crippen LogP contribution is -2.21. The Bertz CT molecular complexity index is 1310. The fourth-order valence-electron chi connectivity index (χ4n) is 3.87. The number of nitrogens with two attached hydrogens (primary N) is 1. The molecule has 1 aliphatic rings. The van der Waals surface area contributed by atoms with Gasteiger partial charge in [-0.15, -0.1) is 0 Å². The van der Waals surface area contributed by atoms with Gasteiger partial charge in [-0.25, -0.2) is 4.79 Å². The van der Waals surface area contributed by atoms with Crippen LogP contribution in [-0.2, 0) is 4.79 Å². The minimum absolute atomic E-state index is 0.0146. The average Bonchev–Trinajstić information content (AvgIpc) is 2.88. The average molecular weight is 467 g/mol. The summed E-state index contributed by atoms with van der Waals surface area (Å²) in [5, 5.41) is 9.86. The summed E-state index contributed by atoms with van der Waals surface area (Å²) in [5.41, 5.74) is 8.90. The van der Waals surface area contributed by atoms with Gasteiger partial charge in [-0.1, -0.05) is 67.9 Å². The molecule has 0 saturated heterocycles. The van der Waals surface area contributed by atoms with E-state index in [4.69, 9.17) is 19.9 Å². The fraction of sp³-hybridized carbons (Fsp3) is 0.172. The number of unbranched alkanes of at least 4 members (excludes halogenated alkanes) is 1. The first-order valence-corrected chi connectivity index (χ1v) is 11.5. The Balaban J connectivity index is 1.62. The molecule has 1 aliphatic heterocycles. The van der Waals surface area contributed by atoms with Crippen LogP contribution in [0.5, 0.6) is 17.2 Å². The highest BCUT2D eigenvalue weighted by Crippen LogP contribution is 2.45. The molecule has 0 bridgehead atoms. The number of carbonyl (C=O) groups is 1. The van der Waals surface area contributed by atoms with E-state index in [0.717, 1.165) is 29.5 Å². The summed E-state index contributed by atoms with van der Waals surface area (Å²) in [7, 11) is 0. The molecule has 0 radical (unpaired) electrons. The van der Waals surface area contributed by atoms with E-state index in [0.29, 0.717) is 29.4 Å². The topological polar surface area (TPSA) is 94.6 Å². The zero-order valence-corrected chi connectivity index (χ0v) is 19.4. The molecule has 1 unspecified atom stereocenters. The zero-order chi connectivity index (χ0) is 24.6. The molecule has 1 heterocycles. The molecule has 35 heavy (non-hydrogen) atoms. The Kier molecular flexibility index (Phi) is 7.49. The van der Waals surface area contributed by atoms with E-state index in [1.807, 2.05) is 54.6 Å². The summed E-state index contributed by atoms with van der Waals surface area (Å²) in [5.74, 6) is 0.459. The number of ether oxygens (including phenoxy) is 3. The minimum atomic E-state index is -0.517. The highest BCUT2D eigenvalue weighted by atomic mass is 16.5. The third kappa shape index (κ3) is 5.53. The Labute approximate surface area is 204 Å². The first kappa shape index (κ1) is 23.7. The molecule has 1 atom stereocenters. The summed E-state index contributed by atoms with van der Waals surface area (Å²) < 4.78 is 17.3. The molecule has 0 saturated carbocycles. The number of fused-ring (bicyclic) bond motifs is 1. The van der Waals surface area contributed by atoms with Gasteiger partial charge in [0.25, 0.3) is 0 Å². The Morgan fingerprint density at radius 3 is 2.63 bits per heavy atom. The highest BCUT2D eigenvalue weighted by molar-refractivity contribution is 5.88. The second-order valence-electron chi connectivity index (χ2n) is 8.03. The number of rotatable bonds is 8. The number of carbonyl (C=O) groups excluding carboxylic acids is 1. The van der Waals surface area contributed by atoms with Crippen molar-refractivity contribution >= 4 is 12.0 Å². The lowest BCUT2D eigenvalue weighted by Gasteiger charge is -2.28. The molecule has 4 rings (SSSR count). The molecule has 6 nitrogen and oxygen atoms in total. The van der Waals surface area contributed by atoms with E-state index >= 15 is 0 Å². The van der Waals surface area contributed by atoms with Crippen LogP contribution < -0.4 is 19.9 Å². The molecule has 176 valence electrons. The number of hydrogen-bond donors (Lipinski definition) is 1. The third-order valence-electron chi connectivity index (χ3n) is 5.61. The number of benzene rings is 3. The predicted molar refractivity (Wildman–Crippen MR) is 134 cm³/mol. The number of allylic oxidation sites excluding steroid dienone is 1. The van der Waals surface area contributed by atoms with Crippen molar-refractivity contribution in [3.63, 3.8) is 0 Å². The van der Waals surface area contributed by atoms with Crippen molar-refractivity contribution in [1.82, 2.24) is 0 Å². The number of nitriles is 1. The van der Waals surface area contributed by atoms with E-state index in [9.17, 15) is 10.1 Å². The first-order chi connectivity index (χ1) is 17.1. The van der Waals surface area contributed by atoms with Gasteiger partial charge in [-0.3, -0.25) is 0 Å². The van der Waals surface area contributed by atoms with Crippen LogP contribution in [0.25, 0.3) is 6.08 Å². The predicted octanol–water partition coefficient (Wildman–Crippen LogP) is 5.70. The third-order valence-corrected chi connectivity index (χ3v) is 5.61. The lowest BCUT2D eigenvalue weighted by atomic mass is 9.83. The van der Waals surface area contributed by atoms with Crippen molar-refractivity contribution in [2.24, 2.45) is 5.73 Å². The van der Waals surface area contributed by atoms with Crippen LogP contribution in [0.4, 0.5) is 0 Å². The van der Waals surface area contributed by atoms with Crippen molar-refractivity contribution in [3.8, 4) is 23.3 Å². The van der Waals surface area contributed by atoms with Gasteiger partial charge in [0.1, 0.15) is 28.9 Å². The quantitative estimate of drug-likeness (QED) is 0.198. The van der Waals surface area contributed by atoms with E-state index in [1.165, 1.54) is 6.08 Å². The summed E-state index contributed by atoms with van der Waals surface area (Å²) in [6, 6.07) is 24.4. The van der Waals surface area contributed by atoms with Crippen LogP contribution in [0.2, 0.25) is 0 Å². The Hall–Kier alpha value is -4.50. The van der Waals surface area contributed by atoms with Gasteiger partial charge in [0.2, 0.25) is 5.88 Å². The van der Waals surface area contributed by atoms with Crippen molar-refractivity contribution < 1.29 is 19.0 Å². The fourth-order valence-corrected chi connectivity index (χ4v) is 3.87. The SMILES string of the molecule is CCCCOc1ccccc1C1C(C#N)=C(N)Oc2cc(OC(=O)/C=C/c3ccccc3)ccc21. The second-order valence-corrected chi connectivity index (χ2v) is 8.03. The molecule has 3 aromatic rings. The van der Waals surface area contributed by atoms with E-state index < -0.39 is 11.9 Å². The number of nitrogens with zero attached hydrogens (tertiary/aromatic N) is 1. The smallest absolute Gasteiger partial charge is 0.336 e. The van der Waals surface area contributed by atoms with Gasteiger partial charge in [-0.2, -0.15) is 5.26 Å². The van der Waals surface area contributed by atoms with Gasteiger partial charge in [0, 0.05) is 23.3 Å². The molecule has 0 amide bonds. The maximum atomic E-state index is 12.3. The molecule has 0 aromatic heterocycles. The molecule has 2 N–H and O–H groups in total. The van der Waals surface area contributed by atoms with E-state index in [-0.39, 0.29) is 5.88 Å². The van der Waals surface area contributed by atoms with Crippen LogP contribution in [0.3, 0.4) is 0 Å². The minimum Gasteiger partial charge on any atom is -0.493 e. The molecule has 6 heteroatoms. The molecule has 0 spiro atoms. The van der Waals surface area contributed by atoms with Gasteiger partial charge in [0.15, 0.2) is 0 Å². The molecule has 0 aliphatic carbocycles. The molecular weight excluding hydrogens is 440 g/mol. The standard InChI is InChI=1S/C29H26N2O4/c1-2-3-17-33-25-12-8-7-11-22(25)28-23-15-14-21(18-26(23)35-29(31)24(28)19-30)34-27(32)16-13-20-9-5-4-6-10-20/h4-16,18,28H,2-3,17,31H2,1H3/b16-13+. The number of hydrogen-bond acceptors (Lipinski definition) is 6. The van der Waals surface area contributed by atoms with Crippen LogP contribution in [0.15, 0.2) is 90.3 Å². The number of esters is 1.